The van der Waals surface area contributed by atoms with Gasteiger partial charge in [0.2, 0.25) is 0 Å². The molecule has 0 saturated heterocycles. The Bertz CT molecular complexity index is 1270. The summed E-state index contributed by atoms with van der Waals surface area (Å²) in [5, 5.41) is 1.00. The molecule has 1 aliphatic carbocycles. The molecule has 170 valence electrons. The quantitative estimate of drug-likeness (QED) is 0.343. The minimum atomic E-state index is -1.70. The number of ether oxygens (including phenoxy) is 3. The second-order valence-corrected chi connectivity index (χ2v) is 8.08. The summed E-state index contributed by atoms with van der Waals surface area (Å²) in [4.78, 5) is 38.2. The summed E-state index contributed by atoms with van der Waals surface area (Å²) >= 11 is 0. The van der Waals surface area contributed by atoms with Crippen molar-refractivity contribution >= 4 is 34.4 Å². The van der Waals surface area contributed by atoms with E-state index in [2.05, 4.69) is 6.58 Å². The summed E-state index contributed by atoms with van der Waals surface area (Å²) in [6.07, 6.45) is 0.0871. The maximum absolute atomic E-state index is 13.1. The first-order valence-electron chi connectivity index (χ1n) is 10.4. The number of hydrogen-bond donors (Lipinski definition) is 0. The molecular formula is C26H25NO6. The Morgan fingerprint density at radius 1 is 0.939 bits per heavy atom. The van der Waals surface area contributed by atoms with Gasteiger partial charge >= 0.3 is 17.9 Å². The van der Waals surface area contributed by atoms with Gasteiger partial charge in [0.25, 0.3) is 0 Å². The number of carbonyl (C=O) groups excluding carboxylic acids is 3. The fraction of sp³-hybridized carbons (Fsp3) is 0.269. The van der Waals surface area contributed by atoms with E-state index in [1.807, 2.05) is 48.0 Å². The lowest BCUT2D eigenvalue weighted by Gasteiger charge is -2.39. The van der Waals surface area contributed by atoms with Crippen LogP contribution in [0.2, 0.25) is 0 Å². The van der Waals surface area contributed by atoms with Gasteiger partial charge in [0.1, 0.15) is 0 Å². The number of esters is 3. The minimum absolute atomic E-state index is 0.0871. The SMILES string of the molecule is C=C1c2c(c3ccccc3n2C)C(c2ccc(C(=O)OC)cc2)CC1(C(=O)OC)C(=O)OC. The molecule has 1 aromatic heterocycles. The molecule has 1 unspecified atom stereocenters. The summed E-state index contributed by atoms with van der Waals surface area (Å²) in [7, 11) is 5.70. The molecule has 0 N–H and O–H groups in total. The van der Waals surface area contributed by atoms with Gasteiger partial charge in [-0.3, -0.25) is 9.59 Å². The first-order valence-corrected chi connectivity index (χ1v) is 10.4. The molecule has 1 atom stereocenters. The zero-order valence-electron chi connectivity index (χ0n) is 19.0. The van der Waals surface area contributed by atoms with E-state index in [-0.39, 0.29) is 12.3 Å². The van der Waals surface area contributed by atoms with Gasteiger partial charge in [0.05, 0.1) is 26.9 Å². The molecule has 0 bridgehead atoms. The van der Waals surface area contributed by atoms with Crippen LogP contribution in [-0.4, -0.2) is 43.8 Å². The molecule has 0 spiro atoms. The average molecular weight is 447 g/mol. The van der Waals surface area contributed by atoms with Gasteiger partial charge in [-0.25, -0.2) is 4.79 Å². The number of aryl methyl sites for hydroxylation is 1. The zero-order valence-corrected chi connectivity index (χ0v) is 19.0. The van der Waals surface area contributed by atoms with Crippen molar-refractivity contribution in [3.63, 3.8) is 0 Å². The zero-order chi connectivity index (χ0) is 23.9. The van der Waals surface area contributed by atoms with Gasteiger partial charge in [-0.05, 0) is 41.3 Å². The highest BCUT2D eigenvalue weighted by molar-refractivity contribution is 6.14. The van der Waals surface area contributed by atoms with E-state index in [0.717, 1.165) is 22.0 Å². The lowest BCUT2D eigenvalue weighted by atomic mass is 9.64. The number of rotatable bonds is 4. The monoisotopic (exact) mass is 447 g/mol. The summed E-state index contributed by atoms with van der Waals surface area (Å²) < 4.78 is 16.9. The van der Waals surface area contributed by atoms with E-state index in [1.54, 1.807) is 12.1 Å². The van der Waals surface area contributed by atoms with E-state index in [4.69, 9.17) is 14.2 Å². The lowest BCUT2D eigenvalue weighted by Crippen LogP contribution is -2.46. The Hall–Kier alpha value is -3.87. The van der Waals surface area contributed by atoms with Gasteiger partial charge < -0.3 is 18.8 Å². The van der Waals surface area contributed by atoms with Gasteiger partial charge in [0.15, 0.2) is 5.41 Å². The van der Waals surface area contributed by atoms with Gasteiger partial charge in [0, 0.05) is 29.6 Å². The average Bonchev–Trinajstić information content (AvgIpc) is 3.16. The Balaban J connectivity index is 2.02. The lowest BCUT2D eigenvalue weighted by molar-refractivity contribution is -0.165. The Morgan fingerprint density at radius 2 is 1.55 bits per heavy atom. The molecule has 4 rings (SSSR count). The highest BCUT2D eigenvalue weighted by Gasteiger charge is 2.57. The molecule has 2 aromatic carbocycles. The van der Waals surface area contributed by atoms with Crippen molar-refractivity contribution in [2.24, 2.45) is 12.5 Å². The molecule has 0 radical (unpaired) electrons. The normalized spacial score (nSPS) is 16.7. The standard InChI is InChI=1S/C26H25NO6/c1-15-22-21(18-8-6-7-9-20(18)27(22)2)19(14-26(15,24(29)32-4)25(30)33-5)16-10-12-17(13-11-16)23(28)31-3/h6-13,19H,1,14H2,2-5H3. The van der Waals surface area contributed by atoms with Gasteiger partial charge in [-0.1, -0.05) is 36.9 Å². The molecule has 1 heterocycles. The van der Waals surface area contributed by atoms with E-state index < -0.39 is 23.3 Å². The van der Waals surface area contributed by atoms with Crippen LogP contribution in [0, 0.1) is 5.41 Å². The number of para-hydroxylation sites is 1. The van der Waals surface area contributed by atoms with E-state index in [9.17, 15) is 14.4 Å². The molecule has 33 heavy (non-hydrogen) atoms. The van der Waals surface area contributed by atoms with Crippen molar-refractivity contribution in [2.75, 3.05) is 21.3 Å². The first-order chi connectivity index (χ1) is 15.8. The number of methoxy groups -OCH3 is 3. The van der Waals surface area contributed by atoms with Crippen LogP contribution in [0.3, 0.4) is 0 Å². The Labute approximate surface area is 191 Å². The number of fused-ring (bicyclic) bond motifs is 3. The van der Waals surface area contributed by atoms with Crippen LogP contribution in [0.1, 0.15) is 39.5 Å². The third kappa shape index (κ3) is 3.15. The van der Waals surface area contributed by atoms with Crippen molar-refractivity contribution in [3.8, 4) is 0 Å². The molecule has 0 saturated carbocycles. The smallest absolute Gasteiger partial charge is 0.337 e. The summed E-state index contributed by atoms with van der Waals surface area (Å²) in [6.45, 7) is 4.20. The molecule has 0 aliphatic heterocycles. The largest absolute Gasteiger partial charge is 0.468 e. The van der Waals surface area contributed by atoms with Gasteiger partial charge in [-0.2, -0.15) is 0 Å². The predicted molar refractivity (Wildman–Crippen MR) is 123 cm³/mol. The van der Waals surface area contributed by atoms with Crippen LogP contribution in [0.5, 0.6) is 0 Å². The Kier molecular flexibility index (Phi) is 5.57. The fourth-order valence-corrected chi connectivity index (χ4v) is 4.97. The van der Waals surface area contributed by atoms with Crippen molar-refractivity contribution in [3.05, 3.63) is 77.5 Å². The van der Waals surface area contributed by atoms with Crippen molar-refractivity contribution in [1.82, 2.24) is 4.57 Å². The van der Waals surface area contributed by atoms with Crippen LogP contribution in [0.15, 0.2) is 55.1 Å². The Morgan fingerprint density at radius 3 is 2.12 bits per heavy atom. The van der Waals surface area contributed by atoms with Crippen LogP contribution < -0.4 is 0 Å². The van der Waals surface area contributed by atoms with Crippen molar-refractivity contribution in [1.29, 1.82) is 0 Å². The van der Waals surface area contributed by atoms with Crippen molar-refractivity contribution < 1.29 is 28.6 Å². The van der Waals surface area contributed by atoms with Crippen molar-refractivity contribution in [2.45, 2.75) is 12.3 Å². The van der Waals surface area contributed by atoms with E-state index in [0.29, 0.717) is 16.8 Å². The molecular weight excluding hydrogens is 422 g/mol. The second kappa shape index (κ2) is 8.24. The molecule has 1 aliphatic rings. The topological polar surface area (TPSA) is 83.8 Å². The molecule has 0 fully saturated rings. The summed E-state index contributed by atoms with van der Waals surface area (Å²) in [6, 6.07) is 14.9. The number of carbonyl (C=O) groups is 3. The summed E-state index contributed by atoms with van der Waals surface area (Å²) in [5.41, 5.74) is 2.50. The molecule has 7 heteroatoms. The molecule has 0 amide bonds. The van der Waals surface area contributed by atoms with Gasteiger partial charge in [-0.15, -0.1) is 0 Å². The number of nitrogens with zero attached hydrogens (tertiary/aromatic N) is 1. The minimum Gasteiger partial charge on any atom is -0.468 e. The van der Waals surface area contributed by atoms with Crippen LogP contribution in [0.4, 0.5) is 0 Å². The number of benzene rings is 2. The van der Waals surface area contributed by atoms with E-state index in [1.165, 1.54) is 21.3 Å². The third-order valence-corrected chi connectivity index (χ3v) is 6.61. The van der Waals surface area contributed by atoms with E-state index >= 15 is 0 Å². The highest BCUT2D eigenvalue weighted by atomic mass is 16.5. The number of hydrogen-bond acceptors (Lipinski definition) is 6. The predicted octanol–water partition coefficient (Wildman–Crippen LogP) is 3.85. The van der Waals surface area contributed by atoms with Crippen LogP contribution in [0.25, 0.3) is 16.5 Å². The highest BCUT2D eigenvalue weighted by Crippen LogP contribution is 2.55. The molecule has 7 nitrogen and oxygen atoms in total. The maximum atomic E-state index is 13.1. The second-order valence-electron chi connectivity index (χ2n) is 8.08. The van der Waals surface area contributed by atoms with Crippen LogP contribution in [-0.2, 0) is 30.8 Å². The maximum Gasteiger partial charge on any atom is 0.337 e. The summed E-state index contributed by atoms with van der Waals surface area (Å²) in [5.74, 6) is -2.23. The number of aromatic nitrogens is 1. The fourth-order valence-electron chi connectivity index (χ4n) is 4.97. The third-order valence-electron chi connectivity index (χ3n) is 6.61. The van der Waals surface area contributed by atoms with Crippen LogP contribution >= 0.6 is 0 Å². The first kappa shape index (κ1) is 22.3. The molecule has 3 aromatic rings.